The first-order chi connectivity index (χ1) is 10.6. The summed E-state index contributed by atoms with van der Waals surface area (Å²) in [6, 6.07) is 0. The van der Waals surface area contributed by atoms with Gasteiger partial charge < -0.3 is 5.11 Å². The summed E-state index contributed by atoms with van der Waals surface area (Å²) >= 11 is 0. The van der Waals surface area contributed by atoms with Crippen molar-refractivity contribution in [3.8, 4) is 0 Å². The quantitative estimate of drug-likeness (QED) is 0.196. The number of unbranched alkanes of at least 4 members (excludes halogenated alkanes) is 2. The molecule has 0 aromatic carbocycles. The number of carbonyl (C=O) groups is 3. The van der Waals surface area contributed by atoms with E-state index in [1.54, 1.807) is 31.2 Å². The first kappa shape index (κ1) is 19.8. The third kappa shape index (κ3) is 12.8. The Morgan fingerprint density at radius 1 is 1.05 bits per heavy atom. The topological polar surface area (TPSA) is 71.4 Å². The van der Waals surface area contributed by atoms with Gasteiger partial charge in [-0.3, -0.25) is 14.4 Å². The van der Waals surface area contributed by atoms with Crippen LogP contribution in [-0.4, -0.2) is 23.1 Å². The third-order valence-electron chi connectivity index (χ3n) is 2.85. The van der Waals surface area contributed by atoms with Crippen LogP contribution in [0.1, 0.15) is 45.4 Å². The monoisotopic (exact) mass is 304 g/mol. The van der Waals surface area contributed by atoms with Crippen molar-refractivity contribution < 1.29 is 19.5 Å². The summed E-state index contributed by atoms with van der Waals surface area (Å²) in [5, 5.41) is 8.49. The van der Waals surface area contributed by atoms with Crippen molar-refractivity contribution >= 4 is 18.0 Å². The van der Waals surface area contributed by atoms with Crippen molar-refractivity contribution in [3.05, 3.63) is 48.1 Å². The molecule has 0 heterocycles. The normalized spacial score (nSPS) is 12.5. The molecule has 0 atom stereocenters. The molecule has 0 aromatic rings. The summed E-state index contributed by atoms with van der Waals surface area (Å²) < 4.78 is 0. The number of hydrogen-bond donors (Lipinski definition) is 1. The second kappa shape index (κ2) is 13.7. The Morgan fingerprint density at radius 3 is 2.45 bits per heavy atom. The zero-order valence-electron chi connectivity index (χ0n) is 13.0. The van der Waals surface area contributed by atoms with Crippen LogP contribution in [0.2, 0.25) is 0 Å². The van der Waals surface area contributed by atoms with Crippen molar-refractivity contribution in [2.45, 2.75) is 45.4 Å². The van der Waals surface area contributed by atoms with Crippen LogP contribution >= 0.6 is 0 Å². The fourth-order valence-electron chi connectivity index (χ4n) is 1.56. The molecule has 4 nitrogen and oxygen atoms in total. The summed E-state index contributed by atoms with van der Waals surface area (Å²) in [6.45, 7) is 1.80. The number of aldehydes is 1. The number of carboxylic acid groups (broad SMARTS) is 1. The lowest BCUT2D eigenvalue weighted by atomic mass is 10.1. The highest BCUT2D eigenvalue weighted by Gasteiger charge is 1.94. The predicted molar refractivity (Wildman–Crippen MR) is 87.6 cm³/mol. The summed E-state index contributed by atoms with van der Waals surface area (Å²) in [5.74, 6) is -0.702. The van der Waals surface area contributed by atoms with E-state index in [2.05, 4.69) is 0 Å². The van der Waals surface area contributed by atoms with Crippen molar-refractivity contribution in [2.75, 3.05) is 0 Å². The second-order valence-corrected chi connectivity index (χ2v) is 4.74. The van der Waals surface area contributed by atoms with Crippen LogP contribution in [0.25, 0.3) is 0 Å². The number of ketones is 1. The fraction of sp³-hybridized carbons (Fsp3) is 0.389. The molecular weight excluding hydrogens is 280 g/mol. The summed E-state index contributed by atoms with van der Waals surface area (Å²) in [6.07, 6.45) is 16.5. The summed E-state index contributed by atoms with van der Waals surface area (Å²) in [4.78, 5) is 32.2. The molecule has 0 amide bonds. The average Bonchev–Trinajstić information content (AvgIpc) is 2.50. The van der Waals surface area contributed by atoms with Gasteiger partial charge in [0.2, 0.25) is 0 Å². The van der Waals surface area contributed by atoms with Crippen LogP contribution in [-0.2, 0) is 14.4 Å². The maximum absolute atomic E-state index is 11.0. The van der Waals surface area contributed by atoms with E-state index in [9.17, 15) is 14.4 Å². The fourth-order valence-corrected chi connectivity index (χ4v) is 1.56. The van der Waals surface area contributed by atoms with Gasteiger partial charge in [0.05, 0.1) is 0 Å². The SMILES string of the molecule is CCC(=O)C=CC=CC=C(C=O)CC=CCCCCC(=O)O. The van der Waals surface area contributed by atoms with E-state index in [0.717, 1.165) is 19.1 Å². The highest BCUT2D eigenvalue weighted by Crippen LogP contribution is 2.04. The molecule has 22 heavy (non-hydrogen) atoms. The highest BCUT2D eigenvalue weighted by molar-refractivity contribution is 5.89. The molecule has 0 aliphatic rings. The summed E-state index contributed by atoms with van der Waals surface area (Å²) in [5.41, 5.74) is 0.647. The molecule has 0 aromatic heterocycles. The zero-order valence-corrected chi connectivity index (χ0v) is 13.0. The Kier molecular flexibility index (Phi) is 12.3. The minimum absolute atomic E-state index is 0.0649. The van der Waals surface area contributed by atoms with Crippen molar-refractivity contribution in [2.24, 2.45) is 0 Å². The number of aliphatic carboxylic acids is 1. The second-order valence-electron chi connectivity index (χ2n) is 4.74. The van der Waals surface area contributed by atoms with E-state index < -0.39 is 5.97 Å². The van der Waals surface area contributed by atoms with Crippen LogP contribution in [0.4, 0.5) is 0 Å². The Bertz CT molecular complexity index is 467. The third-order valence-corrected chi connectivity index (χ3v) is 2.85. The molecule has 0 radical (unpaired) electrons. The van der Waals surface area contributed by atoms with E-state index in [1.165, 1.54) is 6.08 Å². The van der Waals surface area contributed by atoms with Crippen LogP contribution in [0, 0.1) is 0 Å². The van der Waals surface area contributed by atoms with Crippen molar-refractivity contribution in [1.82, 2.24) is 0 Å². The lowest BCUT2D eigenvalue weighted by Crippen LogP contribution is -1.92. The van der Waals surface area contributed by atoms with Gasteiger partial charge in [0.1, 0.15) is 6.29 Å². The smallest absolute Gasteiger partial charge is 0.303 e. The van der Waals surface area contributed by atoms with Gasteiger partial charge in [-0.25, -0.2) is 0 Å². The van der Waals surface area contributed by atoms with E-state index in [1.807, 2.05) is 12.2 Å². The van der Waals surface area contributed by atoms with Crippen LogP contribution in [0.15, 0.2) is 48.1 Å². The van der Waals surface area contributed by atoms with E-state index >= 15 is 0 Å². The molecule has 0 spiro atoms. The molecule has 0 fully saturated rings. The number of carboxylic acids is 1. The Labute approximate surface area is 131 Å². The van der Waals surface area contributed by atoms with Gasteiger partial charge in [0.15, 0.2) is 5.78 Å². The maximum atomic E-state index is 11.0. The molecule has 120 valence electrons. The number of rotatable bonds is 12. The Morgan fingerprint density at radius 2 is 1.82 bits per heavy atom. The molecule has 0 saturated heterocycles. The molecule has 4 heteroatoms. The predicted octanol–water partition coefficient (Wildman–Crippen LogP) is 3.79. The molecule has 0 bridgehead atoms. The maximum Gasteiger partial charge on any atom is 0.303 e. The zero-order chi connectivity index (χ0) is 16.6. The molecular formula is C18H24O4. The van der Waals surface area contributed by atoms with E-state index in [-0.39, 0.29) is 12.2 Å². The summed E-state index contributed by atoms with van der Waals surface area (Å²) in [7, 11) is 0. The molecule has 0 aliphatic heterocycles. The van der Waals surface area contributed by atoms with Gasteiger partial charge in [0.25, 0.3) is 0 Å². The molecule has 1 N–H and O–H groups in total. The lowest BCUT2D eigenvalue weighted by molar-refractivity contribution is -0.137. The largest absolute Gasteiger partial charge is 0.481 e. The molecule has 0 rings (SSSR count). The van der Waals surface area contributed by atoms with E-state index in [0.29, 0.717) is 24.8 Å². The highest BCUT2D eigenvalue weighted by atomic mass is 16.4. The molecule has 0 saturated carbocycles. The van der Waals surface area contributed by atoms with Crippen LogP contribution in [0.5, 0.6) is 0 Å². The van der Waals surface area contributed by atoms with Gasteiger partial charge in [-0.2, -0.15) is 0 Å². The minimum Gasteiger partial charge on any atom is -0.481 e. The Balaban J connectivity index is 4.04. The standard InChI is InChI=1S/C18H24O4/c1-2-17(20)13-9-6-8-12-16(15-19)11-7-4-3-5-10-14-18(21)22/h4,6-9,12-13,15H,2-3,5,10-11,14H2,1H3,(H,21,22). The van der Waals surface area contributed by atoms with E-state index in [4.69, 9.17) is 5.11 Å². The number of carbonyl (C=O) groups excluding carboxylic acids is 2. The van der Waals surface area contributed by atoms with Gasteiger partial charge in [-0.05, 0) is 37.3 Å². The number of allylic oxidation sites excluding steroid dienone is 8. The lowest BCUT2D eigenvalue weighted by Gasteiger charge is -1.94. The van der Waals surface area contributed by atoms with Gasteiger partial charge >= 0.3 is 5.97 Å². The molecule has 0 aliphatic carbocycles. The van der Waals surface area contributed by atoms with Crippen molar-refractivity contribution in [1.29, 1.82) is 0 Å². The van der Waals surface area contributed by atoms with Crippen LogP contribution < -0.4 is 0 Å². The minimum atomic E-state index is -0.767. The van der Waals surface area contributed by atoms with Gasteiger partial charge in [-0.15, -0.1) is 0 Å². The van der Waals surface area contributed by atoms with Crippen molar-refractivity contribution in [3.63, 3.8) is 0 Å². The van der Waals surface area contributed by atoms with Gasteiger partial charge in [0, 0.05) is 12.8 Å². The molecule has 0 unspecified atom stereocenters. The Hall–Kier alpha value is -2.23. The average molecular weight is 304 g/mol. The number of hydrogen-bond acceptors (Lipinski definition) is 3. The van der Waals surface area contributed by atoms with Crippen LogP contribution in [0.3, 0.4) is 0 Å². The first-order valence-electron chi connectivity index (χ1n) is 7.48. The van der Waals surface area contributed by atoms with Gasteiger partial charge in [-0.1, -0.05) is 43.4 Å². The first-order valence-corrected chi connectivity index (χ1v) is 7.48.